The molecule has 4 nitrogen and oxygen atoms in total. The van der Waals surface area contributed by atoms with Crippen LogP contribution in [0.5, 0.6) is 0 Å². The summed E-state index contributed by atoms with van der Waals surface area (Å²) in [6.45, 7) is 2.52. The molecule has 0 aromatic heterocycles. The first-order valence-corrected chi connectivity index (χ1v) is 3.49. The third-order valence-electron chi connectivity index (χ3n) is 1.91. The second-order valence-electron chi connectivity index (χ2n) is 2.72. The third-order valence-corrected chi connectivity index (χ3v) is 1.91. The Bertz CT molecular complexity index is 129. The number of nitrogens with one attached hydrogen (secondary N) is 1. The van der Waals surface area contributed by atoms with Crippen LogP contribution in [0.3, 0.4) is 0 Å². The van der Waals surface area contributed by atoms with E-state index in [9.17, 15) is 5.11 Å². The van der Waals surface area contributed by atoms with Crippen molar-refractivity contribution in [1.82, 2.24) is 5.32 Å². The van der Waals surface area contributed by atoms with E-state index in [1.807, 2.05) is 0 Å². The molecule has 2 heterocycles. The second-order valence-corrected chi connectivity index (χ2v) is 2.72. The van der Waals surface area contributed by atoms with Gasteiger partial charge in [0.2, 0.25) is 5.79 Å². The Morgan fingerprint density at radius 3 is 2.90 bits per heavy atom. The van der Waals surface area contributed by atoms with Gasteiger partial charge in [-0.15, -0.1) is 0 Å². The molecule has 0 aromatic rings. The molecule has 0 aliphatic carbocycles. The molecule has 0 saturated carbocycles. The maximum atomic E-state index is 9.39. The van der Waals surface area contributed by atoms with Crippen LogP contribution in [-0.4, -0.2) is 43.3 Å². The van der Waals surface area contributed by atoms with Crippen LogP contribution < -0.4 is 5.32 Å². The van der Waals surface area contributed by atoms with Gasteiger partial charge in [-0.1, -0.05) is 0 Å². The molecule has 2 saturated heterocycles. The lowest BCUT2D eigenvalue weighted by Crippen LogP contribution is -2.50. The summed E-state index contributed by atoms with van der Waals surface area (Å²) in [6, 6.07) is -0.0266. The van der Waals surface area contributed by atoms with E-state index in [-0.39, 0.29) is 6.04 Å². The maximum absolute atomic E-state index is 9.39. The molecule has 0 radical (unpaired) electrons. The van der Waals surface area contributed by atoms with E-state index in [0.29, 0.717) is 13.2 Å². The second kappa shape index (κ2) is 2.17. The van der Waals surface area contributed by atoms with Gasteiger partial charge in [0.05, 0.1) is 19.3 Å². The zero-order chi connectivity index (χ0) is 7.03. The minimum atomic E-state index is -0.916. The normalized spacial score (nSPS) is 47.1. The molecule has 0 aromatic carbocycles. The highest BCUT2D eigenvalue weighted by atomic mass is 16.7. The lowest BCUT2D eigenvalue weighted by Gasteiger charge is -2.25. The number of hydrogen-bond acceptors (Lipinski definition) is 4. The fraction of sp³-hybridized carbons (Fsp3) is 1.00. The van der Waals surface area contributed by atoms with Crippen molar-refractivity contribution >= 4 is 0 Å². The summed E-state index contributed by atoms with van der Waals surface area (Å²) in [6.07, 6.45) is 0. The topological polar surface area (TPSA) is 54.0 Å². The van der Waals surface area contributed by atoms with Gasteiger partial charge in [0.15, 0.2) is 0 Å². The van der Waals surface area contributed by atoms with E-state index in [2.05, 4.69) is 5.32 Å². The molecule has 4 heteroatoms. The summed E-state index contributed by atoms with van der Waals surface area (Å²) in [5, 5.41) is 12.5. The first-order valence-electron chi connectivity index (χ1n) is 3.49. The fourth-order valence-electron chi connectivity index (χ4n) is 1.13. The van der Waals surface area contributed by atoms with Crippen LogP contribution in [-0.2, 0) is 9.47 Å². The van der Waals surface area contributed by atoms with Crippen molar-refractivity contribution in [2.45, 2.75) is 11.8 Å². The Morgan fingerprint density at radius 1 is 1.60 bits per heavy atom. The number of hydrogen-bond donors (Lipinski definition) is 2. The largest absolute Gasteiger partial charge is 0.378 e. The van der Waals surface area contributed by atoms with E-state index in [1.165, 1.54) is 0 Å². The molecular weight excluding hydrogens is 134 g/mol. The first kappa shape index (κ1) is 6.54. The van der Waals surface area contributed by atoms with Crippen LogP contribution in [0.1, 0.15) is 0 Å². The SMILES string of the molecule is OC1(C2COCCN2)CO1. The minimum absolute atomic E-state index is 0.0266. The summed E-state index contributed by atoms with van der Waals surface area (Å²) >= 11 is 0. The van der Waals surface area contributed by atoms with E-state index in [0.717, 1.165) is 13.2 Å². The van der Waals surface area contributed by atoms with Crippen molar-refractivity contribution in [3.05, 3.63) is 0 Å². The van der Waals surface area contributed by atoms with Crippen molar-refractivity contribution in [2.24, 2.45) is 0 Å². The summed E-state index contributed by atoms with van der Waals surface area (Å²) in [4.78, 5) is 0. The monoisotopic (exact) mass is 145 g/mol. The smallest absolute Gasteiger partial charge is 0.207 e. The van der Waals surface area contributed by atoms with Crippen molar-refractivity contribution < 1.29 is 14.6 Å². The van der Waals surface area contributed by atoms with Gasteiger partial charge in [0.1, 0.15) is 6.61 Å². The van der Waals surface area contributed by atoms with Crippen LogP contribution in [0.2, 0.25) is 0 Å². The van der Waals surface area contributed by atoms with Crippen LogP contribution in [0, 0.1) is 0 Å². The molecule has 58 valence electrons. The van der Waals surface area contributed by atoms with Gasteiger partial charge >= 0.3 is 0 Å². The lowest BCUT2D eigenvalue weighted by atomic mass is 10.2. The van der Waals surface area contributed by atoms with Crippen molar-refractivity contribution in [1.29, 1.82) is 0 Å². The molecule has 0 amide bonds. The molecule has 0 bridgehead atoms. The number of rotatable bonds is 1. The van der Waals surface area contributed by atoms with E-state index < -0.39 is 5.79 Å². The summed E-state index contributed by atoms with van der Waals surface area (Å²) in [7, 11) is 0. The van der Waals surface area contributed by atoms with Gasteiger partial charge in [0, 0.05) is 6.54 Å². The summed E-state index contributed by atoms with van der Waals surface area (Å²) < 4.78 is 9.99. The molecule has 2 aliphatic rings. The Hall–Kier alpha value is -0.160. The van der Waals surface area contributed by atoms with Gasteiger partial charge in [-0.2, -0.15) is 0 Å². The molecule has 2 rings (SSSR count). The van der Waals surface area contributed by atoms with Gasteiger partial charge in [0.25, 0.3) is 0 Å². The van der Waals surface area contributed by atoms with Gasteiger partial charge < -0.3 is 19.9 Å². The highest BCUT2D eigenvalue weighted by Crippen LogP contribution is 2.27. The van der Waals surface area contributed by atoms with Gasteiger partial charge in [-0.3, -0.25) is 0 Å². The molecule has 2 atom stereocenters. The lowest BCUT2D eigenvalue weighted by molar-refractivity contribution is -0.0485. The Kier molecular flexibility index (Phi) is 1.42. The Morgan fingerprint density at radius 2 is 2.40 bits per heavy atom. The Labute approximate surface area is 59.1 Å². The maximum Gasteiger partial charge on any atom is 0.207 e. The number of epoxide rings is 1. The fourth-order valence-corrected chi connectivity index (χ4v) is 1.13. The minimum Gasteiger partial charge on any atom is -0.378 e. The average Bonchev–Trinajstić information content (AvgIpc) is 2.72. The predicted octanol–water partition coefficient (Wildman–Crippen LogP) is -1.31. The van der Waals surface area contributed by atoms with Gasteiger partial charge in [-0.05, 0) is 0 Å². The standard InChI is InChI=1S/C6H11NO3/c8-6(4-10-6)5-3-9-2-1-7-5/h5,7-8H,1-4H2. The van der Waals surface area contributed by atoms with E-state index >= 15 is 0 Å². The molecule has 10 heavy (non-hydrogen) atoms. The van der Waals surface area contributed by atoms with Crippen molar-refractivity contribution in [3.8, 4) is 0 Å². The molecule has 2 N–H and O–H groups in total. The number of aliphatic hydroxyl groups is 1. The zero-order valence-electron chi connectivity index (χ0n) is 5.67. The van der Waals surface area contributed by atoms with Crippen molar-refractivity contribution in [3.63, 3.8) is 0 Å². The quantitative estimate of drug-likeness (QED) is 0.450. The number of morpholine rings is 1. The third kappa shape index (κ3) is 1.03. The molecular formula is C6H11NO3. The summed E-state index contributed by atoms with van der Waals surface area (Å²) in [5.41, 5.74) is 0. The van der Waals surface area contributed by atoms with E-state index in [4.69, 9.17) is 9.47 Å². The average molecular weight is 145 g/mol. The van der Waals surface area contributed by atoms with Crippen LogP contribution in [0.15, 0.2) is 0 Å². The van der Waals surface area contributed by atoms with Crippen molar-refractivity contribution in [2.75, 3.05) is 26.4 Å². The predicted molar refractivity (Wildman–Crippen MR) is 33.5 cm³/mol. The molecule has 2 fully saturated rings. The Balaban J connectivity index is 1.91. The van der Waals surface area contributed by atoms with E-state index in [1.54, 1.807) is 0 Å². The van der Waals surface area contributed by atoms with Gasteiger partial charge in [-0.25, -0.2) is 0 Å². The van der Waals surface area contributed by atoms with Crippen LogP contribution in [0.25, 0.3) is 0 Å². The summed E-state index contributed by atoms with van der Waals surface area (Å²) in [5.74, 6) is -0.916. The molecule has 2 unspecified atom stereocenters. The first-order chi connectivity index (χ1) is 4.81. The molecule has 0 spiro atoms. The highest BCUT2D eigenvalue weighted by molar-refractivity contribution is 4.93. The van der Waals surface area contributed by atoms with Crippen LogP contribution in [0.4, 0.5) is 0 Å². The highest BCUT2D eigenvalue weighted by Gasteiger charge is 2.50. The molecule has 2 aliphatic heterocycles. The number of ether oxygens (including phenoxy) is 2. The zero-order valence-corrected chi connectivity index (χ0v) is 5.67. The van der Waals surface area contributed by atoms with Crippen LogP contribution >= 0.6 is 0 Å².